The number of oxazole rings is 1. The molecule has 7 aromatic carbocycles. The second-order valence-electron chi connectivity index (χ2n) is 13.5. The molecule has 0 spiro atoms. The maximum Gasteiger partial charge on any atom is 0.227 e. The molecule has 1 aliphatic rings. The van der Waals surface area contributed by atoms with Gasteiger partial charge in [0, 0.05) is 38.9 Å². The van der Waals surface area contributed by atoms with Gasteiger partial charge in [-0.15, -0.1) is 0 Å². The van der Waals surface area contributed by atoms with E-state index < -0.39 is 0 Å². The zero-order valence-electron chi connectivity index (χ0n) is 27.7. The standard InChI is InChI=1S/C46H32N2O2/c1-46(2)36-20-10-9-17-34(36)41-37(46)21-12-22-39(41)48(31-15-7-4-8-16-31)32-25-23-29(24-26-32)33-18-11-19-35-42-40(49-43(33)35)28-27-38-44(42)50-45(47-38)30-13-5-3-6-14-30/h3-28H,1-2H3. The van der Waals surface area contributed by atoms with Crippen molar-refractivity contribution < 1.29 is 8.83 Å². The van der Waals surface area contributed by atoms with Crippen molar-refractivity contribution in [1.29, 1.82) is 0 Å². The Balaban J connectivity index is 1.10. The van der Waals surface area contributed by atoms with Crippen molar-refractivity contribution in [3.05, 3.63) is 169 Å². The molecule has 0 bridgehead atoms. The van der Waals surface area contributed by atoms with E-state index in [1.54, 1.807) is 0 Å². The Morgan fingerprint density at radius 1 is 0.520 bits per heavy atom. The lowest BCUT2D eigenvalue weighted by molar-refractivity contribution is 0.622. The molecule has 50 heavy (non-hydrogen) atoms. The van der Waals surface area contributed by atoms with Crippen LogP contribution in [-0.4, -0.2) is 4.98 Å². The SMILES string of the molecule is CC1(C)c2ccccc2-c2c(N(c3ccccc3)c3ccc(-c4cccc5c4oc4ccc6nc(-c7ccccc7)oc6c45)cc3)cccc21. The molecule has 1 aliphatic carbocycles. The average Bonchev–Trinajstić information content (AvgIpc) is 3.84. The number of para-hydroxylation sites is 2. The Kier molecular flexibility index (Phi) is 6.19. The smallest absolute Gasteiger partial charge is 0.227 e. The summed E-state index contributed by atoms with van der Waals surface area (Å²) in [6.07, 6.45) is 0. The highest BCUT2D eigenvalue weighted by Gasteiger charge is 2.37. The molecular formula is C46H32N2O2. The maximum atomic E-state index is 6.58. The van der Waals surface area contributed by atoms with Crippen molar-refractivity contribution in [1.82, 2.24) is 4.98 Å². The highest BCUT2D eigenvalue weighted by molar-refractivity contribution is 6.18. The minimum atomic E-state index is -0.0835. The van der Waals surface area contributed by atoms with Crippen molar-refractivity contribution in [2.24, 2.45) is 0 Å². The van der Waals surface area contributed by atoms with Crippen LogP contribution in [0.3, 0.4) is 0 Å². The molecule has 2 heterocycles. The zero-order valence-corrected chi connectivity index (χ0v) is 27.7. The maximum absolute atomic E-state index is 6.58. The summed E-state index contributed by atoms with van der Waals surface area (Å²) < 4.78 is 13.0. The van der Waals surface area contributed by atoms with Crippen LogP contribution in [0.4, 0.5) is 17.1 Å². The predicted molar refractivity (Wildman–Crippen MR) is 204 cm³/mol. The van der Waals surface area contributed by atoms with E-state index in [2.05, 4.69) is 134 Å². The first-order chi connectivity index (χ1) is 24.6. The molecule has 0 unspecified atom stereocenters. The lowest BCUT2D eigenvalue weighted by atomic mass is 9.82. The number of hydrogen-bond acceptors (Lipinski definition) is 4. The molecule has 0 saturated heterocycles. The number of aromatic nitrogens is 1. The highest BCUT2D eigenvalue weighted by atomic mass is 16.4. The van der Waals surface area contributed by atoms with Crippen molar-refractivity contribution in [2.45, 2.75) is 19.3 Å². The fourth-order valence-electron chi connectivity index (χ4n) is 7.92. The van der Waals surface area contributed by atoms with Crippen LogP contribution < -0.4 is 4.90 Å². The number of benzene rings is 7. The van der Waals surface area contributed by atoms with Crippen molar-refractivity contribution in [3.8, 4) is 33.7 Å². The zero-order chi connectivity index (χ0) is 33.4. The number of rotatable bonds is 5. The van der Waals surface area contributed by atoms with Crippen LogP contribution in [0.2, 0.25) is 0 Å². The van der Waals surface area contributed by atoms with Gasteiger partial charge >= 0.3 is 0 Å². The first-order valence-corrected chi connectivity index (χ1v) is 17.1. The number of furan rings is 1. The Hall–Kier alpha value is -6.39. The topological polar surface area (TPSA) is 42.4 Å². The Labute approximate surface area is 289 Å². The average molecular weight is 645 g/mol. The molecule has 10 rings (SSSR count). The fraction of sp³-hybridized carbons (Fsp3) is 0.0652. The predicted octanol–water partition coefficient (Wildman–Crippen LogP) is 12.8. The van der Waals surface area contributed by atoms with Gasteiger partial charge in [0.15, 0.2) is 5.58 Å². The Morgan fingerprint density at radius 3 is 2.02 bits per heavy atom. The van der Waals surface area contributed by atoms with E-state index >= 15 is 0 Å². The van der Waals surface area contributed by atoms with Gasteiger partial charge in [-0.3, -0.25) is 0 Å². The van der Waals surface area contributed by atoms with Crippen LogP contribution in [0, 0.1) is 0 Å². The van der Waals surface area contributed by atoms with Crippen molar-refractivity contribution >= 4 is 50.1 Å². The molecule has 9 aromatic rings. The van der Waals surface area contributed by atoms with Gasteiger partial charge in [0.1, 0.15) is 16.7 Å². The van der Waals surface area contributed by atoms with Crippen LogP contribution in [0.25, 0.3) is 66.7 Å². The fourth-order valence-corrected chi connectivity index (χ4v) is 7.92. The number of hydrogen-bond donors (Lipinski definition) is 0. The number of fused-ring (bicyclic) bond motifs is 8. The van der Waals surface area contributed by atoms with E-state index in [0.29, 0.717) is 5.89 Å². The quantitative estimate of drug-likeness (QED) is 0.187. The summed E-state index contributed by atoms with van der Waals surface area (Å²) in [6, 6.07) is 55.4. The molecule has 0 aliphatic heterocycles. The summed E-state index contributed by atoms with van der Waals surface area (Å²) in [4.78, 5) is 7.19. The number of nitrogens with zero attached hydrogens (tertiary/aromatic N) is 2. The summed E-state index contributed by atoms with van der Waals surface area (Å²) in [5.41, 5.74) is 14.8. The van der Waals surface area contributed by atoms with Gasteiger partial charge in [-0.2, -0.15) is 0 Å². The van der Waals surface area contributed by atoms with Crippen LogP contribution in [0.5, 0.6) is 0 Å². The summed E-state index contributed by atoms with van der Waals surface area (Å²) in [5.74, 6) is 0.605. The summed E-state index contributed by atoms with van der Waals surface area (Å²) in [6.45, 7) is 4.66. The van der Waals surface area contributed by atoms with E-state index in [1.807, 2.05) is 42.5 Å². The lowest BCUT2D eigenvalue weighted by Crippen LogP contribution is -2.16. The van der Waals surface area contributed by atoms with Crippen LogP contribution in [0.1, 0.15) is 25.0 Å². The van der Waals surface area contributed by atoms with E-state index in [0.717, 1.165) is 61.1 Å². The Bertz CT molecular complexity index is 2720. The van der Waals surface area contributed by atoms with Gasteiger partial charge in [-0.1, -0.05) is 117 Å². The van der Waals surface area contributed by atoms with Crippen LogP contribution in [-0.2, 0) is 5.41 Å². The monoisotopic (exact) mass is 644 g/mol. The van der Waals surface area contributed by atoms with Gasteiger partial charge in [-0.25, -0.2) is 4.98 Å². The first-order valence-electron chi connectivity index (χ1n) is 17.1. The number of anilines is 3. The van der Waals surface area contributed by atoms with Gasteiger partial charge < -0.3 is 13.7 Å². The van der Waals surface area contributed by atoms with E-state index in [1.165, 1.54) is 27.9 Å². The first kappa shape index (κ1) is 28.6. The molecule has 0 radical (unpaired) electrons. The molecular weight excluding hydrogens is 613 g/mol. The van der Waals surface area contributed by atoms with Crippen LogP contribution in [0.15, 0.2) is 167 Å². The van der Waals surface area contributed by atoms with Gasteiger partial charge in [0.05, 0.1) is 11.1 Å². The van der Waals surface area contributed by atoms with E-state index in [9.17, 15) is 0 Å². The van der Waals surface area contributed by atoms with Crippen molar-refractivity contribution in [2.75, 3.05) is 4.90 Å². The van der Waals surface area contributed by atoms with Gasteiger partial charge in [0.25, 0.3) is 0 Å². The summed E-state index contributed by atoms with van der Waals surface area (Å²) >= 11 is 0. The third kappa shape index (κ3) is 4.21. The second kappa shape index (κ2) is 10.8. The highest BCUT2D eigenvalue weighted by Crippen LogP contribution is 2.54. The Morgan fingerprint density at radius 2 is 1.20 bits per heavy atom. The minimum absolute atomic E-state index is 0.0835. The molecule has 0 atom stereocenters. The molecule has 238 valence electrons. The van der Waals surface area contributed by atoms with E-state index in [4.69, 9.17) is 13.8 Å². The molecule has 2 aromatic heterocycles. The third-order valence-electron chi connectivity index (χ3n) is 10.3. The third-order valence-corrected chi connectivity index (χ3v) is 10.3. The molecule has 4 heteroatoms. The van der Waals surface area contributed by atoms with Gasteiger partial charge in [-0.05, 0) is 76.9 Å². The second-order valence-corrected chi connectivity index (χ2v) is 13.5. The minimum Gasteiger partial charge on any atom is -0.455 e. The molecule has 0 fully saturated rings. The molecule has 0 N–H and O–H groups in total. The summed E-state index contributed by atoms with van der Waals surface area (Å²) in [7, 11) is 0. The van der Waals surface area contributed by atoms with E-state index in [-0.39, 0.29) is 5.41 Å². The van der Waals surface area contributed by atoms with Gasteiger partial charge in [0.2, 0.25) is 5.89 Å². The normalized spacial score (nSPS) is 13.2. The largest absolute Gasteiger partial charge is 0.455 e. The summed E-state index contributed by atoms with van der Waals surface area (Å²) in [5, 5.41) is 1.96. The molecule has 0 saturated carbocycles. The molecule has 4 nitrogen and oxygen atoms in total. The lowest BCUT2D eigenvalue weighted by Gasteiger charge is -2.29. The molecule has 0 amide bonds. The van der Waals surface area contributed by atoms with Crippen LogP contribution >= 0.6 is 0 Å². The van der Waals surface area contributed by atoms with Crippen molar-refractivity contribution in [3.63, 3.8) is 0 Å².